The molecule has 2 rings (SSSR count). The highest BCUT2D eigenvalue weighted by atomic mass is 16.3. The zero-order valence-electron chi connectivity index (χ0n) is 12.6. The van der Waals surface area contributed by atoms with Crippen molar-refractivity contribution in [1.82, 2.24) is 9.78 Å². The fraction of sp³-hybridized carbons (Fsp3) is 0.471. The third kappa shape index (κ3) is 3.28. The molecule has 3 nitrogen and oxygen atoms in total. The van der Waals surface area contributed by atoms with E-state index in [1.165, 1.54) is 5.56 Å². The van der Waals surface area contributed by atoms with Crippen LogP contribution in [0.1, 0.15) is 56.2 Å². The van der Waals surface area contributed by atoms with Crippen molar-refractivity contribution in [3.8, 4) is 0 Å². The van der Waals surface area contributed by atoms with Gasteiger partial charge in [0.15, 0.2) is 0 Å². The molecule has 0 saturated heterocycles. The summed E-state index contributed by atoms with van der Waals surface area (Å²) in [5.41, 5.74) is 3.18. The summed E-state index contributed by atoms with van der Waals surface area (Å²) in [5, 5.41) is 15.0. The lowest BCUT2D eigenvalue weighted by Crippen LogP contribution is -2.08. The highest BCUT2D eigenvalue weighted by molar-refractivity contribution is 5.29. The topological polar surface area (TPSA) is 38.0 Å². The fourth-order valence-electron chi connectivity index (χ4n) is 2.41. The van der Waals surface area contributed by atoms with E-state index in [1.807, 2.05) is 35.1 Å². The minimum atomic E-state index is -0.480. The molecule has 20 heavy (non-hydrogen) atoms. The van der Waals surface area contributed by atoms with E-state index in [4.69, 9.17) is 0 Å². The van der Waals surface area contributed by atoms with E-state index in [2.05, 4.69) is 31.9 Å². The zero-order chi connectivity index (χ0) is 14.5. The Morgan fingerprint density at radius 3 is 2.65 bits per heavy atom. The minimum Gasteiger partial charge on any atom is -0.388 e. The van der Waals surface area contributed by atoms with Gasteiger partial charge in [-0.3, -0.25) is 4.68 Å². The standard InChI is InChI=1S/C17H24N2O/c1-4-13(3)19-11-10-15(18-19)12-17(20)16-9-7-6-8-14(16)5-2/h6-11,13,17,20H,4-5,12H2,1-3H3. The first-order valence-electron chi connectivity index (χ1n) is 7.45. The van der Waals surface area contributed by atoms with Gasteiger partial charge in [0.05, 0.1) is 11.8 Å². The van der Waals surface area contributed by atoms with Gasteiger partial charge in [-0.05, 0) is 37.0 Å². The van der Waals surface area contributed by atoms with Crippen molar-refractivity contribution in [3.05, 3.63) is 53.3 Å². The Bertz CT molecular complexity index is 547. The maximum Gasteiger partial charge on any atom is 0.0848 e. The SMILES string of the molecule is CCc1ccccc1C(O)Cc1ccn(C(C)CC)n1. The molecular weight excluding hydrogens is 248 g/mol. The van der Waals surface area contributed by atoms with Crippen LogP contribution in [-0.2, 0) is 12.8 Å². The second-order valence-electron chi connectivity index (χ2n) is 5.32. The van der Waals surface area contributed by atoms with Crippen LogP contribution in [0.3, 0.4) is 0 Å². The van der Waals surface area contributed by atoms with Crippen molar-refractivity contribution >= 4 is 0 Å². The summed E-state index contributed by atoms with van der Waals surface area (Å²) >= 11 is 0. The average molecular weight is 272 g/mol. The van der Waals surface area contributed by atoms with Crippen molar-refractivity contribution in [1.29, 1.82) is 0 Å². The lowest BCUT2D eigenvalue weighted by molar-refractivity contribution is 0.176. The van der Waals surface area contributed by atoms with Crippen LogP contribution in [0.15, 0.2) is 36.5 Å². The van der Waals surface area contributed by atoms with Crippen molar-refractivity contribution < 1.29 is 5.11 Å². The van der Waals surface area contributed by atoms with E-state index < -0.39 is 6.10 Å². The van der Waals surface area contributed by atoms with Gasteiger partial charge in [0, 0.05) is 18.7 Å². The van der Waals surface area contributed by atoms with Gasteiger partial charge in [-0.1, -0.05) is 38.1 Å². The molecule has 0 bridgehead atoms. The summed E-state index contributed by atoms with van der Waals surface area (Å²) in [6.45, 7) is 6.42. The van der Waals surface area contributed by atoms with Gasteiger partial charge in [0.25, 0.3) is 0 Å². The number of aliphatic hydroxyl groups is 1. The summed E-state index contributed by atoms with van der Waals surface area (Å²) in [6.07, 6.45) is 4.09. The first-order valence-corrected chi connectivity index (χ1v) is 7.45. The molecule has 0 radical (unpaired) electrons. The highest BCUT2D eigenvalue weighted by Crippen LogP contribution is 2.22. The number of aromatic nitrogens is 2. The fourth-order valence-corrected chi connectivity index (χ4v) is 2.41. The minimum absolute atomic E-state index is 0.406. The molecule has 2 aromatic rings. The molecule has 2 atom stereocenters. The molecular formula is C17H24N2O. The van der Waals surface area contributed by atoms with E-state index in [0.29, 0.717) is 12.5 Å². The van der Waals surface area contributed by atoms with Crippen molar-refractivity contribution in [2.24, 2.45) is 0 Å². The molecule has 0 spiro atoms. The Labute approximate surface area is 121 Å². The Morgan fingerprint density at radius 2 is 1.95 bits per heavy atom. The van der Waals surface area contributed by atoms with E-state index in [-0.39, 0.29) is 0 Å². The highest BCUT2D eigenvalue weighted by Gasteiger charge is 2.14. The molecule has 3 heteroatoms. The van der Waals surface area contributed by atoms with Crippen LogP contribution < -0.4 is 0 Å². The summed E-state index contributed by atoms with van der Waals surface area (Å²) in [4.78, 5) is 0. The Kier molecular flexibility index (Phi) is 4.96. The number of hydrogen-bond acceptors (Lipinski definition) is 2. The number of benzene rings is 1. The second-order valence-corrected chi connectivity index (χ2v) is 5.32. The van der Waals surface area contributed by atoms with Gasteiger partial charge in [0.2, 0.25) is 0 Å². The largest absolute Gasteiger partial charge is 0.388 e. The van der Waals surface area contributed by atoms with Crippen LogP contribution >= 0.6 is 0 Å². The van der Waals surface area contributed by atoms with Gasteiger partial charge in [0.1, 0.15) is 0 Å². The molecule has 0 aliphatic heterocycles. The van der Waals surface area contributed by atoms with Crippen LogP contribution in [0.5, 0.6) is 0 Å². The summed E-state index contributed by atoms with van der Waals surface area (Å²) in [5.74, 6) is 0. The Hall–Kier alpha value is -1.61. The van der Waals surface area contributed by atoms with Gasteiger partial charge in [-0.2, -0.15) is 5.10 Å². The number of nitrogens with zero attached hydrogens (tertiary/aromatic N) is 2. The van der Waals surface area contributed by atoms with Crippen LogP contribution in [-0.4, -0.2) is 14.9 Å². The first kappa shape index (κ1) is 14.8. The maximum absolute atomic E-state index is 10.4. The summed E-state index contributed by atoms with van der Waals surface area (Å²) in [6, 6.07) is 10.5. The van der Waals surface area contributed by atoms with Crippen molar-refractivity contribution in [2.75, 3.05) is 0 Å². The average Bonchev–Trinajstić information content (AvgIpc) is 2.94. The summed E-state index contributed by atoms with van der Waals surface area (Å²) < 4.78 is 1.98. The number of hydrogen-bond donors (Lipinski definition) is 1. The van der Waals surface area contributed by atoms with E-state index in [9.17, 15) is 5.11 Å². The van der Waals surface area contributed by atoms with Crippen LogP contribution in [0.25, 0.3) is 0 Å². The molecule has 0 saturated carbocycles. The van der Waals surface area contributed by atoms with E-state index in [0.717, 1.165) is 24.1 Å². The van der Waals surface area contributed by atoms with Gasteiger partial charge in [-0.25, -0.2) is 0 Å². The van der Waals surface area contributed by atoms with Crippen molar-refractivity contribution in [3.63, 3.8) is 0 Å². The predicted octanol–water partition coefficient (Wildman–Crippen LogP) is 3.69. The second kappa shape index (κ2) is 6.71. The van der Waals surface area contributed by atoms with Gasteiger partial charge in [-0.15, -0.1) is 0 Å². The van der Waals surface area contributed by atoms with E-state index >= 15 is 0 Å². The molecule has 1 heterocycles. The summed E-state index contributed by atoms with van der Waals surface area (Å²) in [7, 11) is 0. The van der Waals surface area contributed by atoms with E-state index in [1.54, 1.807) is 0 Å². The van der Waals surface area contributed by atoms with Crippen molar-refractivity contribution in [2.45, 2.75) is 52.2 Å². The van der Waals surface area contributed by atoms with Gasteiger partial charge >= 0.3 is 0 Å². The lowest BCUT2D eigenvalue weighted by Gasteiger charge is -2.14. The number of aliphatic hydroxyl groups excluding tert-OH is 1. The first-order chi connectivity index (χ1) is 9.65. The molecule has 1 aromatic heterocycles. The molecule has 0 amide bonds. The number of aryl methyl sites for hydroxylation is 1. The monoisotopic (exact) mass is 272 g/mol. The van der Waals surface area contributed by atoms with Crippen LogP contribution in [0.4, 0.5) is 0 Å². The third-order valence-corrected chi connectivity index (χ3v) is 3.90. The molecule has 1 N–H and O–H groups in total. The lowest BCUT2D eigenvalue weighted by atomic mass is 9.98. The number of rotatable bonds is 6. The van der Waals surface area contributed by atoms with Crippen LogP contribution in [0.2, 0.25) is 0 Å². The molecule has 108 valence electrons. The molecule has 0 aliphatic carbocycles. The Morgan fingerprint density at radius 1 is 1.20 bits per heavy atom. The Balaban J connectivity index is 2.11. The van der Waals surface area contributed by atoms with Gasteiger partial charge < -0.3 is 5.11 Å². The molecule has 0 aliphatic rings. The zero-order valence-corrected chi connectivity index (χ0v) is 12.6. The predicted molar refractivity (Wildman–Crippen MR) is 81.7 cm³/mol. The van der Waals surface area contributed by atoms with Crippen LogP contribution in [0, 0.1) is 0 Å². The molecule has 1 aromatic carbocycles. The third-order valence-electron chi connectivity index (χ3n) is 3.90. The quantitative estimate of drug-likeness (QED) is 0.871. The normalized spacial score (nSPS) is 14.2. The smallest absolute Gasteiger partial charge is 0.0848 e. The maximum atomic E-state index is 10.4. The molecule has 0 fully saturated rings. The molecule has 2 unspecified atom stereocenters.